The molecule has 428 valence electrons. The molecule has 8 aromatic rings. The summed E-state index contributed by atoms with van der Waals surface area (Å²) in [4.78, 5) is 118. The highest BCUT2D eigenvalue weighted by Gasteiger charge is 2.35. The highest BCUT2D eigenvalue weighted by molar-refractivity contribution is 5.99. The number of H-pyrrole nitrogens is 2. The summed E-state index contributed by atoms with van der Waals surface area (Å²) < 4.78 is 0. The van der Waals surface area contributed by atoms with Crippen LogP contribution < -0.4 is 43.4 Å². The summed E-state index contributed by atoms with van der Waals surface area (Å²) in [6.07, 6.45) is 1.94. The van der Waals surface area contributed by atoms with Gasteiger partial charge in [0.15, 0.2) is 0 Å². The number of aliphatic carboxylic acids is 1. The Hall–Kier alpha value is -10.3. The Morgan fingerprint density at radius 1 is 0.386 bits per heavy atom. The number of fused-ring (bicyclic) bond motifs is 2. The van der Waals surface area contributed by atoms with Crippen LogP contribution in [-0.2, 0) is 76.9 Å². The zero-order valence-electron chi connectivity index (χ0n) is 44.9. The third-order valence-corrected chi connectivity index (χ3v) is 14.1. The molecule has 0 unspecified atom stereocenters. The number of primary amides is 1. The summed E-state index contributed by atoms with van der Waals surface area (Å²) in [5.74, 6) is -7.90. The van der Waals surface area contributed by atoms with Crippen LogP contribution in [0.2, 0.25) is 0 Å². The number of carbonyl (C=O) groups is 8. The van der Waals surface area contributed by atoms with E-state index in [1.807, 2.05) is 36.4 Å². The van der Waals surface area contributed by atoms with Gasteiger partial charge >= 0.3 is 5.97 Å². The maximum absolute atomic E-state index is 14.7. The van der Waals surface area contributed by atoms with Gasteiger partial charge in [-0.15, -0.1) is 0 Å². The van der Waals surface area contributed by atoms with E-state index in [1.54, 1.807) is 85.2 Å². The van der Waals surface area contributed by atoms with Crippen LogP contribution in [0.15, 0.2) is 170 Å². The molecule has 7 amide bonds. The number of carboxylic acid groups (broad SMARTS) is 1. The van der Waals surface area contributed by atoms with Gasteiger partial charge in [0.1, 0.15) is 47.8 Å². The highest BCUT2D eigenvalue weighted by atomic mass is 16.4. The van der Waals surface area contributed by atoms with E-state index in [1.165, 1.54) is 48.5 Å². The van der Waals surface area contributed by atoms with Crippen molar-refractivity contribution in [3.05, 3.63) is 203 Å². The van der Waals surface area contributed by atoms with Crippen LogP contribution in [-0.4, -0.2) is 115 Å². The first-order chi connectivity index (χ1) is 40.0. The van der Waals surface area contributed by atoms with Crippen LogP contribution in [0.4, 0.5) is 0 Å². The Labute approximate surface area is 476 Å². The van der Waals surface area contributed by atoms with E-state index in [9.17, 15) is 53.7 Å². The van der Waals surface area contributed by atoms with Crippen molar-refractivity contribution in [2.24, 2.45) is 11.5 Å². The van der Waals surface area contributed by atoms with E-state index < -0.39 is 96.0 Å². The fourth-order valence-corrected chi connectivity index (χ4v) is 9.67. The second-order valence-corrected chi connectivity index (χ2v) is 20.2. The van der Waals surface area contributed by atoms with E-state index in [0.29, 0.717) is 27.8 Å². The molecule has 2 aromatic heterocycles. The molecular weight excluding hydrogens is 1060 g/mol. The van der Waals surface area contributed by atoms with E-state index in [0.717, 1.165) is 27.4 Å². The first-order valence-electron chi connectivity index (χ1n) is 26.8. The molecule has 0 saturated heterocycles. The minimum absolute atomic E-state index is 0.0162. The molecule has 6 aromatic carbocycles. The molecule has 0 radical (unpaired) electrons. The minimum atomic E-state index is -1.77. The Balaban J connectivity index is 1.03. The van der Waals surface area contributed by atoms with Crippen LogP contribution in [0.3, 0.4) is 0 Å². The van der Waals surface area contributed by atoms with Crippen molar-refractivity contribution in [3.63, 3.8) is 0 Å². The van der Waals surface area contributed by atoms with Gasteiger partial charge in [-0.25, -0.2) is 4.79 Å². The summed E-state index contributed by atoms with van der Waals surface area (Å²) in [6, 6.07) is 33.5. The fourth-order valence-electron chi connectivity index (χ4n) is 9.67. The van der Waals surface area contributed by atoms with E-state index >= 15 is 0 Å². The largest absolute Gasteiger partial charge is 0.508 e. The second-order valence-electron chi connectivity index (χ2n) is 20.2. The zero-order valence-corrected chi connectivity index (χ0v) is 44.9. The number of hydrogen-bond acceptors (Lipinski definition) is 11. The highest BCUT2D eigenvalue weighted by Crippen LogP contribution is 2.22. The number of carbonyl (C=O) groups excluding carboxylic acids is 7. The summed E-state index contributed by atoms with van der Waals surface area (Å²) >= 11 is 0. The molecule has 21 nitrogen and oxygen atoms in total. The summed E-state index contributed by atoms with van der Waals surface area (Å²) in [5.41, 5.74) is 17.3. The normalized spacial score (nSPS) is 13.7. The molecule has 21 heteroatoms. The lowest BCUT2D eigenvalue weighted by Crippen LogP contribution is -2.61. The monoisotopic (exact) mass is 1120 g/mol. The van der Waals surface area contributed by atoms with Crippen molar-refractivity contribution < 1.29 is 53.7 Å². The van der Waals surface area contributed by atoms with Gasteiger partial charge in [0.2, 0.25) is 41.4 Å². The number of nitrogens with one attached hydrogen (secondary N) is 8. The molecule has 0 aliphatic heterocycles. The zero-order chi connectivity index (χ0) is 59.0. The van der Waals surface area contributed by atoms with E-state index in [4.69, 9.17) is 11.5 Å². The van der Waals surface area contributed by atoms with Crippen LogP contribution in [0, 0.1) is 0 Å². The van der Waals surface area contributed by atoms with Crippen molar-refractivity contribution in [2.45, 2.75) is 87.2 Å². The molecule has 83 heavy (non-hydrogen) atoms. The average molecular weight is 1130 g/mol. The Bertz CT molecular complexity index is 3570. The van der Waals surface area contributed by atoms with Gasteiger partial charge in [-0.05, 0) is 76.2 Å². The number of amides is 7. The predicted octanol–water partition coefficient (Wildman–Crippen LogP) is 3.01. The van der Waals surface area contributed by atoms with Gasteiger partial charge in [-0.2, -0.15) is 0 Å². The summed E-state index contributed by atoms with van der Waals surface area (Å²) in [7, 11) is 0. The van der Waals surface area contributed by atoms with Gasteiger partial charge < -0.3 is 68.7 Å². The Morgan fingerprint density at radius 3 is 1.11 bits per heavy atom. The molecular formula is C62H64N10O11. The fraction of sp³-hybridized carbons (Fsp3) is 0.226. The van der Waals surface area contributed by atoms with Gasteiger partial charge in [0.25, 0.3) is 0 Å². The third-order valence-electron chi connectivity index (χ3n) is 14.1. The number of hydrogen-bond donors (Lipinski definition) is 13. The minimum Gasteiger partial charge on any atom is -0.508 e. The molecule has 0 fully saturated rings. The van der Waals surface area contributed by atoms with Crippen molar-refractivity contribution in [2.75, 3.05) is 0 Å². The molecule has 15 N–H and O–H groups in total. The van der Waals surface area contributed by atoms with E-state index in [-0.39, 0.29) is 50.0 Å². The third kappa shape index (κ3) is 16.4. The Kier molecular flexibility index (Phi) is 19.7. The molecule has 0 bridgehead atoms. The lowest BCUT2D eigenvalue weighted by molar-refractivity contribution is -0.142. The lowest BCUT2D eigenvalue weighted by Gasteiger charge is -2.28. The van der Waals surface area contributed by atoms with Gasteiger partial charge in [0, 0.05) is 66.3 Å². The van der Waals surface area contributed by atoms with Crippen LogP contribution in [0.5, 0.6) is 11.5 Å². The number of phenolic OH excluding ortho intramolecular Hbond substituents is 2. The molecule has 7 atom stereocenters. The second kappa shape index (κ2) is 27.7. The Morgan fingerprint density at radius 2 is 0.711 bits per heavy atom. The van der Waals surface area contributed by atoms with Crippen LogP contribution in [0.25, 0.3) is 21.8 Å². The first-order valence-corrected chi connectivity index (χ1v) is 26.8. The van der Waals surface area contributed by atoms with Crippen LogP contribution in [0.1, 0.15) is 39.8 Å². The maximum atomic E-state index is 14.7. The molecule has 0 aliphatic rings. The molecule has 8 rings (SSSR count). The van der Waals surface area contributed by atoms with Crippen molar-refractivity contribution in [1.29, 1.82) is 0 Å². The molecule has 2 heterocycles. The van der Waals surface area contributed by atoms with Crippen molar-refractivity contribution >= 4 is 69.1 Å². The number of aromatic amines is 2. The number of aromatic hydroxyl groups is 2. The van der Waals surface area contributed by atoms with Crippen molar-refractivity contribution in [1.82, 2.24) is 41.9 Å². The number of carboxylic acids is 1. The standard InChI is InChI=1S/C62H64N10O11/c63-46(31-40-34-65-47-17-9-7-15-44(40)47)56(76)67-49(27-36-11-3-1-4-12-36)57(77)68-50(28-37-13-5-2-6-14-37)59(79)71-53(33-55(64)75)61(81)70-51(29-38-19-23-42(73)24-20-38)58(78)69-52(30-39-21-25-43(74)26-22-39)60(80)72-54(62(82)83)32-41-35-66-48-18-10-8-16-45(41)48/h1-26,34-35,46,49-54,65-66,73-74H,27-33,63H2,(H2,64,75)(H,67,76)(H,68,77)(H,69,78)(H,70,81)(H,71,79)(H,72,80)(H,82,83)/t46-,49-,50-,51-,52-,53-,54-/m0/s1. The average Bonchev–Trinajstić information content (AvgIpc) is 4.35. The first kappa shape index (κ1) is 58.9. The predicted molar refractivity (Wildman–Crippen MR) is 309 cm³/mol. The maximum Gasteiger partial charge on any atom is 0.326 e. The van der Waals surface area contributed by atoms with Gasteiger partial charge in [-0.3, -0.25) is 33.6 Å². The van der Waals surface area contributed by atoms with Crippen LogP contribution >= 0.6 is 0 Å². The lowest BCUT2D eigenvalue weighted by atomic mass is 10.00. The van der Waals surface area contributed by atoms with Crippen molar-refractivity contribution in [3.8, 4) is 11.5 Å². The number of para-hydroxylation sites is 2. The smallest absolute Gasteiger partial charge is 0.326 e. The summed E-state index contributed by atoms with van der Waals surface area (Å²) in [6.45, 7) is 0. The van der Waals surface area contributed by atoms with Gasteiger partial charge in [0.05, 0.1) is 12.5 Å². The summed E-state index contributed by atoms with van der Waals surface area (Å²) in [5, 5.41) is 48.0. The quantitative estimate of drug-likeness (QED) is 0.0354. The van der Waals surface area contributed by atoms with E-state index in [2.05, 4.69) is 41.9 Å². The SMILES string of the molecule is NC(=O)C[C@H](NC(=O)[C@H](Cc1ccccc1)NC(=O)[C@H](Cc1ccccc1)NC(=O)[C@@H](N)Cc1c[nH]c2ccccc12)C(=O)N[C@@H](Cc1ccc(O)cc1)C(=O)N[C@@H](Cc1ccc(O)cc1)C(=O)N[C@@H](Cc1c[nH]c2ccccc12)C(=O)O. The number of benzene rings is 6. The topological polar surface area (TPSA) is 353 Å². The number of rotatable bonds is 27. The number of aromatic nitrogens is 2. The van der Waals surface area contributed by atoms with Gasteiger partial charge in [-0.1, -0.05) is 121 Å². The molecule has 0 spiro atoms. The molecule has 0 aliphatic carbocycles. The number of nitrogens with two attached hydrogens (primary N) is 2. The molecule has 0 saturated carbocycles. The number of phenols is 2.